The van der Waals surface area contributed by atoms with Crippen LogP contribution in [0.25, 0.3) is 33.1 Å². The first kappa shape index (κ1) is 18.2. The van der Waals surface area contributed by atoms with E-state index in [0.717, 1.165) is 51.1 Å². The summed E-state index contributed by atoms with van der Waals surface area (Å²) in [5, 5.41) is 9.94. The van der Waals surface area contributed by atoms with Gasteiger partial charge in [-0.05, 0) is 0 Å². The van der Waals surface area contributed by atoms with E-state index in [-0.39, 0.29) is 0 Å². The van der Waals surface area contributed by atoms with Crippen molar-refractivity contribution >= 4 is 21.8 Å². The van der Waals surface area contributed by atoms with E-state index in [0.29, 0.717) is 0 Å². The lowest BCUT2D eigenvalue weighted by atomic mass is 10.1. The number of rotatable bonds is 5. The number of aromatic amines is 1. The van der Waals surface area contributed by atoms with Crippen LogP contribution in [0.15, 0.2) is 79.0 Å². The van der Waals surface area contributed by atoms with E-state index in [9.17, 15) is 0 Å². The summed E-state index contributed by atoms with van der Waals surface area (Å²) in [4.78, 5) is 0. The summed E-state index contributed by atoms with van der Waals surface area (Å²) in [6.45, 7) is 0.725. The van der Waals surface area contributed by atoms with Crippen LogP contribution in [0.2, 0.25) is 0 Å². The van der Waals surface area contributed by atoms with Crippen molar-refractivity contribution in [2.24, 2.45) is 0 Å². The number of aromatic nitrogens is 3. The molecule has 0 aliphatic carbocycles. The molecule has 2 heterocycles. The van der Waals surface area contributed by atoms with Crippen molar-refractivity contribution in [2.45, 2.75) is 6.54 Å². The van der Waals surface area contributed by atoms with E-state index >= 15 is 0 Å². The van der Waals surface area contributed by atoms with Crippen LogP contribution < -0.4 is 14.0 Å². The Labute approximate surface area is 174 Å². The summed E-state index contributed by atoms with van der Waals surface area (Å²) in [5.74, 6) is 1.50. The average molecular weight is 396 g/mol. The molecule has 0 unspecified atom stereocenters. The van der Waals surface area contributed by atoms with Gasteiger partial charge in [0.2, 0.25) is 5.52 Å². The molecule has 30 heavy (non-hydrogen) atoms. The molecule has 0 radical (unpaired) electrons. The van der Waals surface area contributed by atoms with Crippen LogP contribution >= 0.6 is 0 Å². The molecule has 2 aromatic heterocycles. The second-order valence-electron chi connectivity index (χ2n) is 7.19. The molecule has 0 bridgehead atoms. The van der Waals surface area contributed by atoms with Gasteiger partial charge < -0.3 is 9.47 Å². The van der Waals surface area contributed by atoms with Crippen molar-refractivity contribution in [1.29, 1.82) is 0 Å². The highest BCUT2D eigenvalue weighted by molar-refractivity contribution is 6.09. The molecule has 0 saturated heterocycles. The van der Waals surface area contributed by atoms with Gasteiger partial charge in [-0.2, -0.15) is 9.67 Å². The number of H-pyrrole nitrogens is 1. The van der Waals surface area contributed by atoms with E-state index in [4.69, 9.17) is 9.47 Å². The average Bonchev–Trinajstić information content (AvgIpc) is 3.23. The van der Waals surface area contributed by atoms with Gasteiger partial charge in [-0.1, -0.05) is 60.7 Å². The zero-order valence-electron chi connectivity index (χ0n) is 16.9. The van der Waals surface area contributed by atoms with Gasteiger partial charge in [-0.15, -0.1) is 0 Å². The largest absolute Gasteiger partial charge is 0.496 e. The highest BCUT2D eigenvalue weighted by Crippen LogP contribution is 2.36. The van der Waals surface area contributed by atoms with E-state index in [1.54, 1.807) is 14.2 Å². The summed E-state index contributed by atoms with van der Waals surface area (Å²) >= 11 is 0. The van der Waals surface area contributed by atoms with Crippen molar-refractivity contribution in [3.8, 4) is 22.8 Å². The van der Waals surface area contributed by atoms with Gasteiger partial charge in [0.1, 0.15) is 22.6 Å². The molecule has 0 saturated carbocycles. The Bertz CT molecular complexity index is 1330. The molecule has 5 heteroatoms. The first-order valence-electron chi connectivity index (χ1n) is 9.84. The second kappa shape index (κ2) is 7.52. The van der Waals surface area contributed by atoms with Crippen molar-refractivity contribution in [1.82, 2.24) is 10.2 Å². The molecule has 0 atom stereocenters. The molecule has 5 aromatic rings. The van der Waals surface area contributed by atoms with Gasteiger partial charge in [-0.25, -0.2) is 0 Å². The second-order valence-corrected chi connectivity index (χ2v) is 7.19. The molecule has 0 aliphatic rings. The van der Waals surface area contributed by atoms with Crippen molar-refractivity contribution in [3.05, 3.63) is 84.6 Å². The third kappa shape index (κ3) is 3.05. The number of benzene rings is 3. The summed E-state index contributed by atoms with van der Waals surface area (Å²) in [7, 11) is 3.35. The Morgan fingerprint density at radius 3 is 2.33 bits per heavy atom. The number of fused-ring (bicyclic) bond motifs is 3. The summed E-state index contributed by atoms with van der Waals surface area (Å²) in [5.41, 5.74) is 5.18. The number of hydrogen-bond donors (Lipinski definition) is 1. The molecule has 1 N–H and O–H groups in total. The fourth-order valence-electron chi connectivity index (χ4n) is 3.95. The minimum Gasteiger partial charge on any atom is -0.496 e. The van der Waals surface area contributed by atoms with Crippen molar-refractivity contribution in [3.63, 3.8) is 0 Å². The van der Waals surface area contributed by atoms with Crippen molar-refractivity contribution in [2.75, 3.05) is 14.2 Å². The van der Waals surface area contributed by atoms with Gasteiger partial charge >= 0.3 is 0 Å². The van der Waals surface area contributed by atoms with Crippen LogP contribution in [-0.2, 0) is 6.54 Å². The van der Waals surface area contributed by atoms with E-state index in [1.807, 2.05) is 36.4 Å². The number of ether oxygens (including phenoxy) is 2. The molecule has 0 fully saturated rings. The molecule has 0 amide bonds. The van der Waals surface area contributed by atoms with E-state index in [2.05, 4.69) is 57.4 Å². The molecule has 5 nitrogen and oxygen atoms in total. The van der Waals surface area contributed by atoms with Gasteiger partial charge in [-0.3, -0.25) is 5.10 Å². The summed E-state index contributed by atoms with van der Waals surface area (Å²) < 4.78 is 13.5. The summed E-state index contributed by atoms with van der Waals surface area (Å²) in [6.07, 6.45) is 2.16. The zero-order valence-corrected chi connectivity index (χ0v) is 16.9. The molecule has 3 aromatic carbocycles. The maximum Gasteiger partial charge on any atom is 0.222 e. The number of nitrogens with one attached hydrogen (secondary N) is 1. The molecule has 148 valence electrons. The lowest BCUT2D eigenvalue weighted by molar-refractivity contribution is -0.661. The Morgan fingerprint density at radius 2 is 1.63 bits per heavy atom. The Balaban J connectivity index is 1.84. The first-order valence-corrected chi connectivity index (χ1v) is 9.84. The minimum absolute atomic E-state index is 0.725. The third-order valence-corrected chi connectivity index (χ3v) is 5.40. The Kier molecular flexibility index (Phi) is 4.56. The van der Waals surface area contributed by atoms with Crippen LogP contribution in [0.5, 0.6) is 11.5 Å². The number of methoxy groups -OCH3 is 2. The zero-order chi connectivity index (χ0) is 20.5. The maximum atomic E-state index is 5.76. The predicted molar refractivity (Wildman–Crippen MR) is 118 cm³/mol. The maximum absolute atomic E-state index is 5.76. The number of hydrogen-bond acceptors (Lipinski definition) is 3. The smallest absolute Gasteiger partial charge is 0.222 e. The standard InChI is InChI=1S/C25H21N3O2/c1-29-19-13-21-23(22(14-19)30-2)25-20(16-28(21)15-17-9-5-3-6-10-17)24(26-27-25)18-11-7-4-8-12-18/h3-14,16H,15H2,1-2H3/p+1. The fourth-order valence-corrected chi connectivity index (χ4v) is 3.95. The third-order valence-electron chi connectivity index (χ3n) is 5.40. The lowest BCUT2D eigenvalue weighted by Crippen LogP contribution is -2.35. The van der Waals surface area contributed by atoms with Crippen LogP contribution in [0.1, 0.15) is 5.56 Å². The quantitative estimate of drug-likeness (QED) is 0.437. The minimum atomic E-state index is 0.725. The lowest BCUT2D eigenvalue weighted by Gasteiger charge is -2.10. The molecule has 0 aliphatic heterocycles. The Morgan fingerprint density at radius 1 is 0.900 bits per heavy atom. The van der Waals surface area contributed by atoms with Gasteiger partial charge in [0.25, 0.3) is 0 Å². The monoisotopic (exact) mass is 396 g/mol. The Hall–Kier alpha value is -3.86. The first-order chi connectivity index (χ1) is 14.8. The van der Waals surface area contributed by atoms with Gasteiger partial charge in [0, 0.05) is 17.2 Å². The van der Waals surface area contributed by atoms with Crippen molar-refractivity contribution < 1.29 is 14.0 Å². The highest BCUT2D eigenvalue weighted by Gasteiger charge is 2.23. The molecule has 0 spiro atoms. The van der Waals surface area contributed by atoms with Crippen LogP contribution in [0, 0.1) is 0 Å². The molecular formula is C25H22N3O2+. The van der Waals surface area contributed by atoms with Crippen LogP contribution in [0.3, 0.4) is 0 Å². The van der Waals surface area contributed by atoms with Gasteiger partial charge in [0.15, 0.2) is 12.7 Å². The molecule has 5 rings (SSSR count). The normalized spacial score (nSPS) is 11.1. The van der Waals surface area contributed by atoms with Crippen LogP contribution in [-0.4, -0.2) is 24.4 Å². The topological polar surface area (TPSA) is 51.0 Å². The number of nitrogens with zero attached hydrogens (tertiary/aromatic N) is 2. The van der Waals surface area contributed by atoms with Crippen LogP contribution in [0.4, 0.5) is 0 Å². The van der Waals surface area contributed by atoms with E-state index in [1.165, 1.54) is 5.56 Å². The molecular weight excluding hydrogens is 374 g/mol. The SMILES string of the molecule is COc1cc(OC)c2c3[nH]nc(-c4ccccc4)c3c[n+](Cc3ccccc3)c2c1. The predicted octanol–water partition coefficient (Wildman–Crippen LogP) is 4.74. The highest BCUT2D eigenvalue weighted by atomic mass is 16.5. The summed E-state index contributed by atoms with van der Waals surface area (Å²) in [6, 6.07) is 24.6. The van der Waals surface area contributed by atoms with E-state index < -0.39 is 0 Å². The number of pyridine rings is 1. The van der Waals surface area contributed by atoms with Gasteiger partial charge in [0.05, 0.1) is 31.2 Å². The fraction of sp³-hybridized carbons (Fsp3) is 0.120.